The van der Waals surface area contributed by atoms with Crippen LogP contribution in [0.25, 0.3) is 0 Å². The number of benzene rings is 1. The van der Waals surface area contributed by atoms with Crippen LogP contribution >= 0.6 is 0 Å². The summed E-state index contributed by atoms with van der Waals surface area (Å²) in [5.74, 6) is 0.240. The van der Waals surface area contributed by atoms with E-state index in [1.807, 2.05) is 30.0 Å². The van der Waals surface area contributed by atoms with Crippen LogP contribution in [0.4, 0.5) is 0 Å². The third kappa shape index (κ3) is 5.09. The van der Waals surface area contributed by atoms with Gasteiger partial charge in [-0.25, -0.2) is 0 Å². The molecular weight excluding hydrogens is 386 g/mol. The van der Waals surface area contributed by atoms with Gasteiger partial charge in [0.1, 0.15) is 0 Å². The molecule has 0 aliphatic carbocycles. The van der Waals surface area contributed by atoms with E-state index in [1.54, 1.807) is 0 Å². The van der Waals surface area contributed by atoms with Gasteiger partial charge < -0.3 is 9.47 Å². The van der Waals surface area contributed by atoms with Gasteiger partial charge in [0.2, 0.25) is 0 Å². The van der Waals surface area contributed by atoms with Gasteiger partial charge in [0, 0.05) is 54.7 Å². The number of rotatable bonds is 5. The van der Waals surface area contributed by atoms with Gasteiger partial charge in [-0.15, -0.1) is 0 Å². The van der Waals surface area contributed by atoms with Gasteiger partial charge in [-0.05, 0) is 56.9 Å². The summed E-state index contributed by atoms with van der Waals surface area (Å²) in [5, 5.41) is 0. The molecule has 0 spiro atoms. The Morgan fingerprint density at radius 1 is 0.968 bits per heavy atom. The molecular formula is C26H37N3O2. The van der Waals surface area contributed by atoms with Crippen LogP contribution in [0.1, 0.15) is 78.3 Å². The SMILES string of the molecule is Cc1cc(C(=O)CN2CCN(C(=O)c3ccc(C(C)(C)C)cc3)CC2)c(C)n1C(C)C. The van der Waals surface area contributed by atoms with Crippen molar-refractivity contribution in [3.05, 3.63) is 58.4 Å². The van der Waals surface area contributed by atoms with Crippen molar-refractivity contribution < 1.29 is 9.59 Å². The van der Waals surface area contributed by atoms with E-state index < -0.39 is 0 Å². The van der Waals surface area contributed by atoms with Gasteiger partial charge in [0.15, 0.2) is 5.78 Å². The molecule has 1 aromatic carbocycles. The second kappa shape index (κ2) is 8.99. The summed E-state index contributed by atoms with van der Waals surface area (Å²) in [6, 6.07) is 10.3. The summed E-state index contributed by atoms with van der Waals surface area (Å²) in [6.07, 6.45) is 0. The van der Waals surface area contributed by atoms with Gasteiger partial charge in [-0.1, -0.05) is 32.9 Å². The quantitative estimate of drug-likeness (QED) is 0.659. The lowest BCUT2D eigenvalue weighted by atomic mass is 9.86. The molecule has 31 heavy (non-hydrogen) atoms. The van der Waals surface area contributed by atoms with Gasteiger partial charge in [0.25, 0.3) is 5.91 Å². The Morgan fingerprint density at radius 2 is 1.55 bits per heavy atom. The normalized spacial score (nSPS) is 15.5. The molecule has 1 aromatic heterocycles. The van der Waals surface area contributed by atoms with E-state index in [1.165, 1.54) is 5.56 Å². The first kappa shape index (κ1) is 23.3. The highest BCUT2D eigenvalue weighted by Gasteiger charge is 2.25. The van der Waals surface area contributed by atoms with Gasteiger partial charge in [-0.2, -0.15) is 0 Å². The largest absolute Gasteiger partial charge is 0.346 e. The summed E-state index contributed by atoms with van der Waals surface area (Å²) >= 11 is 0. The molecule has 5 heteroatoms. The Hall–Kier alpha value is -2.40. The second-order valence-electron chi connectivity index (χ2n) is 10.1. The fraction of sp³-hybridized carbons (Fsp3) is 0.538. The molecule has 0 N–H and O–H groups in total. The molecule has 1 aliphatic rings. The van der Waals surface area contributed by atoms with E-state index >= 15 is 0 Å². The second-order valence-corrected chi connectivity index (χ2v) is 10.1. The molecule has 3 rings (SSSR count). The van der Waals surface area contributed by atoms with Crippen molar-refractivity contribution >= 4 is 11.7 Å². The van der Waals surface area contributed by atoms with Crippen LogP contribution in [0.5, 0.6) is 0 Å². The van der Waals surface area contributed by atoms with E-state index in [9.17, 15) is 9.59 Å². The van der Waals surface area contributed by atoms with Gasteiger partial charge in [-0.3, -0.25) is 14.5 Å². The predicted molar refractivity (Wildman–Crippen MR) is 126 cm³/mol. The van der Waals surface area contributed by atoms with Crippen molar-refractivity contribution in [2.75, 3.05) is 32.7 Å². The molecule has 1 aliphatic heterocycles. The van der Waals surface area contributed by atoms with Crippen LogP contribution in [0.3, 0.4) is 0 Å². The maximum absolute atomic E-state index is 12.9. The number of amides is 1. The monoisotopic (exact) mass is 423 g/mol. The molecule has 2 heterocycles. The Bertz CT molecular complexity index is 940. The van der Waals surface area contributed by atoms with Crippen molar-refractivity contribution in [1.29, 1.82) is 0 Å². The lowest BCUT2D eigenvalue weighted by Crippen LogP contribution is -2.49. The van der Waals surface area contributed by atoms with Crippen LogP contribution in [0.2, 0.25) is 0 Å². The third-order valence-corrected chi connectivity index (χ3v) is 6.33. The Labute approximate surface area is 187 Å². The van der Waals surface area contributed by atoms with Crippen molar-refractivity contribution in [2.24, 2.45) is 0 Å². The number of carbonyl (C=O) groups excluding carboxylic acids is 2. The fourth-order valence-electron chi connectivity index (χ4n) is 4.55. The highest BCUT2D eigenvalue weighted by molar-refractivity contribution is 5.99. The van der Waals surface area contributed by atoms with Crippen LogP contribution in [-0.2, 0) is 5.41 Å². The number of Topliss-reactive ketones (excluding diaryl/α,β-unsaturated/α-hetero) is 1. The predicted octanol–water partition coefficient (Wildman–Crippen LogP) is 4.62. The van der Waals surface area contributed by atoms with Crippen LogP contribution < -0.4 is 0 Å². The number of hydrogen-bond donors (Lipinski definition) is 0. The fourth-order valence-corrected chi connectivity index (χ4v) is 4.55. The van der Waals surface area contributed by atoms with Crippen LogP contribution in [0.15, 0.2) is 30.3 Å². The zero-order valence-electron chi connectivity index (χ0n) is 20.2. The highest BCUT2D eigenvalue weighted by Crippen LogP contribution is 2.23. The van der Waals surface area contributed by atoms with E-state index in [4.69, 9.17) is 0 Å². The smallest absolute Gasteiger partial charge is 0.253 e. The number of nitrogens with zero attached hydrogens (tertiary/aromatic N) is 3. The summed E-state index contributed by atoms with van der Waals surface area (Å²) in [4.78, 5) is 29.9. The van der Waals surface area contributed by atoms with E-state index in [0.717, 1.165) is 35.6 Å². The zero-order valence-corrected chi connectivity index (χ0v) is 20.2. The zero-order chi connectivity index (χ0) is 22.9. The number of ketones is 1. The standard InChI is InChI=1S/C26H37N3O2/c1-18(2)29-19(3)16-23(20(29)4)24(30)17-27-12-14-28(15-13-27)25(31)21-8-10-22(11-9-21)26(5,6)7/h8-11,16,18H,12-15,17H2,1-7H3. The summed E-state index contributed by atoms with van der Waals surface area (Å²) in [6.45, 7) is 18.0. The Kier molecular flexibility index (Phi) is 6.75. The van der Waals surface area contributed by atoms with Crippen LogP contribution in [-0.4, -0.2) is 58.8 Å². The Balaban J connectivity index is 1.58. The average Bonchev–Trinajstić information content (AvgIpc) is 3.01. The molecule has 0 saturated carbocycles. The van der Waals surface area contributed by atoms with Crippen molar-refractivity contribution in [3.8, 4) is 0 Å². The van der Waals surface area contributed by atoms with Crippen molar-refractivity contribution in [1.82, 2.24) is 14.4 Å². The maximum atomic E-state index is 12.9. The summed E-state index contributed by atoms with van der Waals surface area (Å²) in [7, 11) is 0. The molecule has 0 radical (unpaired) electrons. The van der Waals surface area contributed by atoms with Gasteiger partial charge >= 0.3 is 0 Å². The summed E-state index contributed by atoms with van der Waals surface area (Å²) in [5.41, 5.74) is 5.03. The minimum absolute atomic E-state index is 0.0758. The minimum atomic E-state index is 0.0758. The van der Waals surface area contributed by atoms with Crippen molar-refractivity contribution in [3.63, 3.8) is 0 Å². The molecule has 5 nitrogen and oxygen atoms in total. The minimum Gasteiger partial charge on any atom is -0.346 e. The number of aryl methyl sites for hydroxylation is 1. The lowest BCUT2D eigenvalue weighted by molar-refractivity contribution is 0.0624. The first-order valence-corrected chi connectivity index (χ1v) is 11.3. The number of carbonyl (C=O) groups is 2. The molecule has 168 valence electrons. The van der Waals surface area contributed by atoms with E-state index in [2.05, 4.69) is 63.1 Å². The van der Waals surface area contributed by atoms with Crippen molar-refractivity contribution in [2.45, 2.75) is 59.9 Å². The molecule has 0 unspecified atom stereocenters. The molecule has 1 saturated heterocycles. The average molecular weight is 424 g/mol. The first-order valence-electron chi connectivity index (χ1n) is 11.3. The lowest BCUT2D eigenvalue weighted by Gasteiger charge is -2.34. The van der Waals surface area contributed by atoms with E-state index in [-0.39, 0.29) is 17.1 Å². The first-order chi connectivity index (χ1) is 14.5. The summed E-state index contributed by atoms with van der Waals surface area (Å²) < 4.78 is 2.22. The molecule has 1 amide bonds. The molecule has 1 fully saturated rings. The van der Waals surface area contributed by atoms with Crippen LogP contribution in [0, 0.1) is 13.8 Å². The topological polar surface area (TPSA) is 45.6 Å². The molecule has 0 bridgehead atoms. The van der Waals surface area contributed by atoms with E-state index in [0.29, 0.717) is 25.7 Å². The third-order valence-electron chi connectivity index (χ3n) is 6.33. The molecule has 2 aromatic rings. The molecule has 0 atom stereocenters. The maximum Gasteiger partial charge on any atom is 0.253 e. The highest BCUT2D eigenvalue weighted by atomic mass is 16.2. The number of aromatic nitrogens is 1. The Morgan fingerprint density at radius 3 is 2.03 bits per heavy atom. The van der Waals surface area contributed by atoms with Gasteiger partial charge in [0.05, 0.1) is 6.54 Å². The number of hydrogen-bond acceptors (Lipinski definition) is 3. The number of piperazine rings is 1.